The summed E-state index contributed by atoms with van der Waals surface area (Å²) in [6.07, 6.45) is 1.61. The number of nitrogens with zero attached hydrogens (tertiary/aromatic N) is 3. The van der Waals surface area contributed by atoms with Crippen LogP contribution in [0.25, 0.3) is 11.4 Å². The third-order valence-electron chi connectivity index (χ3n) is 3.76. The van der Waals surface area contributed by atoms with Crippen molar-refractivity contribution in [3.8, 4) is 11.4 Å². The van der Waals surface area contributed by atoms with Gasteiger partial charge in [-0.15, -0.1) is 0 Å². The molecular weight excluding hydrogens is 350 g/mol. The highest BCUT2D eigenvalue weighted by Crippen LogP contribution is 2.22. The second-order valence-electron chi connectivity index (χ2n) is 5.43. The topological polar surface area (TPSA) is 79.5 Å². The van der Waals surface area contributed by atoms with Crippen molar-refractivity contribution in [3.63, 3.8) is 0 Å². The van der Waals surface area contributed by atoms with Crippen molar-refractivity contribution in [2.24, 2.45) is 5.92 Å². The van der Waals surface area contributed by atoms with Crippen molar-refractivity contribution in [2.75, 3.05) is 13.1 Å². The Morgan fingerprint density at radius 3 is 3.14 bits per heavy atom. The van der Waals surface area contributed by atoms with Crippen LogP contribution in [0.2, 0.25) is 0 Å². The molecule has 1 fully saturated rings. The second-order valence-corrected chi connectivity index (χ2v) is 6.35. The van der Waals surface area contributed by atoms with Gasteiger partial charge in [0, 0.05) is 16.6 Å². The van der Waals surface area contributed by atoms with E-state index in [4.69, 9.17) is 9.63 Å². The van der Waals surface area contributed by atoms with Crippen LogP contribution in [-0.4, -0.2) is 39.2 Å². The molecular formula is C15H16BrN3O3. The van der Waals surface area contributed by atoms with Crippen molar-refractivity contribution < 1.29 is 14.4 Å². The fraction of sp³-hybridized carbons (Fsp3) is 0.400. The number of benzene rings is 1. The Balaban J connectivity index is 1.68. The molecule has 0 aliphatic carbocycles. The molecule has 0 unspecified atom stereocenters. The van der Waals surface area contributed by atoms with Crippen molar-refractivity contribution in [3.05, 3.63) is 34.6 Å². The lowest BCUT2D eigenvalue weighted by Crippen LogP contribution is -2.38. The van der Waals surface area contributed by atoms with Gasteiger partial charge in [-0.1, -0.05) is 33.2 Å². The van der Waals surface area contributed by atoms with Gasteiger partial charge in [-0.2, -0.15) is 4.98 Å². The monoisotopic (exact) mass is 365 g/mol. The van der Waals surface area contributed by atoms with Gasteiger partial charge in [0.25, 0.3) is 0 Å². The van der Waals surface area contributed by atoms with E-state index in [1.165, 1.54) is 0 Å². The van der Waals surface area contributed by atoms with E-state index < -0.39 is 5.97 Å². The summed E-state index contributed by atoms with van der Waals surface area (Å²) in [5, 5.41) is 13.1. The van der Waals surface area contributed by atoms with Gasteiger partial charge in [0.05, 0.1) is 12.5 Å². The number of carbonyl (C=O) groups is 1. The van der Waals surface area contributed by atoms with Crippen molar-refractivity contribution >= 4 is 21.9 Å². The normalized spacial score (nSPS) is 19.2. The van der Waals surface area contributed by atoms with Gasteiger partial charge >= 0.3 is 5.97 Å². The molecule has 2 heterocycles. The molecule has 6 nitrogen and oxygen atoms in total. The van der Waals surface area contributed by atoms with E-state index >= 15 is 0 Å². The van der Waals surface area contributed by atoms with Gasteiger partial charge in [-0.05, 0) is 31.5 Å². The average Bonchev–Trinajstić information content (AvgIpc) is 2.96. The summed E-state index contributed by atoms with van der Waals surface area (Å²) >= 11 is 3.42. The lowest BCUT2D eigenvalue weighted by molar-refractivity contribution is -0.143. The summed E-state index contributed by atoms with van der Waals surface area (Å²) in [6, 6.07) is 7.69. The van der Waals surface area contributed by atoms with Gasteiger partial charge in [0.1, 0.15) is 0 Å². The van der Waals surface area contributed by atoms with E-state index in [1.54, 1.807) is 0 Å². The number of hydrogen-bond donors (Lipinski definition) is 1. The van der Waals surface area contributed by atoms with E-state index in [-0.39, 0.29) is 5.92 Å². The highest BCUT2D eigenvalue weighted by Gasteiger charge is 2.26. The summed E-state index contributed by atoms with van der Waals surface area (Å²) in [6.45, 7) is 1.88. The SMILES string of the molecule is O=C(O)[C@@H]1CCCN(Cc2nc(-c3cccc(Br)c3)no2)C1. The number of carboxylic acids is 1. The van der Waals surface area contributed by atoms with Crippen molar-refractivity contribution in [1.82, 2.24) is 15.0 Å². The number of likely N-dealkylation sites (tertiary alicyclic amines) is 1. The molecule has 0 saturated carbocycles. The molecule has 116 valence electrons. The molecule has 0 bridgehead atoms. The number of carboxylic acid groups (broad SMARTS) is 1. The van der Waals surface area contributed by atoms with Crippen LogP contribution in [0.4, 0.5) is 0 Å². The molecule has 1 aliphatic heterocycles. The quantitative estimate of drug-likeness (QED) is 0.897. The van der Waals surface area contributed by atoms with Crippen LogP contribution < -0.4 is 0 Å². The average molecular weight is 366 g/mol. The summed E-state index contributed by atoms with van der Waals surface area (Å²) in [5.74, 6) is 0.0235. The maximum absolute atomic E-state index is 11.1. The summed E-state index contributed by atoms with van der Waals surface area (Å²) < 4.78 is 6.25. The van der Waals surface area contributed by atoms with Gasteiger partial charge in [-0.25, -0.2) is 0 Å². The smallest absolute Gasteiger partial charge is 0.307 e. The first-order valence-corrected chi connectivity index (χ1v) is 7.95. The standard InChI is InChI=1S/C15H16BrN3O3/c16-12-5-1-3-10(7-12)14-17-13(22-18-14)9-19-6-2-4-11(8-19)15(20)21/h1,3,5,7,11H,2,4,6,8-9H2,(H,20,21)/t11-/m1/s1. The Bertz CT molecular complexity index is 674. The molecule has 2 aromatic rings. The van der Waals surface area contributed by atoms with Crippen molar-refractivity contribution in [1.29, 1.82) is 0 Å². The Morgan fingerprint density at radius 2 is 2.36 bits per heavy atom. The maximum Gasteiger partial charge on any atom is 0.307 e. The first kappa shape index (κ1) is 15.2. The molecule has 3 rings (SSSR count). The van der Waals surface area contributed by atoms with E-state index in [1.807, 2.05) is 24.3 Å². The molecule has 22 heavy (non-hydrogen) atoms. The predicted molar refractivity (Wildman–Crippen MR) is 83.1 cm³/mol. The zero-order valence-corrected chi connectivity index (χ0v) is 13.5. The number of halogens is 1. The molecule has 1 aromatic carbocycles. The Kier molecular flexibility index (Phi) is 4.54. The third-order valence-corrected chi connectivity index (χ3v) is 4.26. The second kappa shape index (κ2) is 6.58. The first-order valence-electron chi connectivity index (χ1n) is 7.15. The molecule has 1 atom stereocenters. The molecule has 0 radical (unpaired) electrons. The van der Waals surface area contributed by atoms with Gasteiger partial charge in [0.2, 0.25) is 11.7 Å². The lowest BCUT2D eigenvalue weighted by Gasteiger charge is -2.29. The lowest BCUT2D eigenvalue weighted by atomic mass is 9.98. The maximum atomic E-state index is 11.1. The predicted octanol–water partition coefficient (Wildman–Crippen LogP) is 2.80. The molecule has 1 saturated heterocycles. The molecule has 0 spiro atoms. The Labute approximate surface area is 136 Å². The summed E-state index contributed by atoms with van der Waals surface area (Å²) in [7, 11) is 0. The molecule has 1 aromatic heterocycles. The van der Waals surface area contributed by atoms with Crippen LogP contribution in [-0.2, 0) is 11.3 Å². The molecule has 7 heteroatoms. The van der Waals surface area contributed by atoms with Crippen molar-refractivity contribution in [2.45, 2.75) is 19.4 Å². The van der Waals surface area contributed by atoms with E-state index in [9.17, 15) is 4.79 Å². The fourth-order valence-electron chi connectivity index (χ4n) is 2.66. The minimum atomic E-state index is -0.731. The minimum Gasteiger partial charge on any atom is -0.481 e. The number of aliphatic carboxylic acids is 1. The number of piperidine rings is 1. The van der Waals surface area contributed by atoms with E-state index in [2.05, 4.69) is 31.0 Å². The minimum absolute atomic E-state index is 0.304. The van der Waals surface area contributed by atoms with Crippen LogP contribution in [0.3, 0.4) is 0 Å². The molecule has 1 N–H and O–H groups in total. The van der Waals surface area contributed by atoms with Crippen LogP contribution in [0.15, 0.2) is 33.3 Å². The zero-order valence-electron chi connectivity index (χ0n) is 11.9. The number of aromatic nitrogens is 2. The first-order chi connectivity index (χ1) is 10.6. The third kappa shape index (κ3) is 3.53. The Morgan fingerprint density at radius 1 is 1.50 bits per heavy atom. The molecule has 1 aliphatic rings. The largest absolute Gasteiger partial charge is 0.481 e. The van der Waals surface area contributed by atoms with E-state index in [0.717, 1.165) is 29.4 Å². The summed E-state index contributed by atoms with van der Waals surface area (Å²) in [5.41, 5.74) is 0.881. The van der Waals surface area contributed by atoms with Crippen LogP contribution in [0.5, 0.6) is 0 Å². The Hall–Kier alpha value is -1.73. The van der Waals surface area contributed by atoms with Crippen LogP contribution >= 0.6 is 15.9 Å². The van der Waals surface area contributed by atoms with Gasteiger partial charge < -0.3 is 9.63 Å². The highest BCUT2D eigenvalue weighted by molar-refractivity contribution is 9.10. The number of rotatable bonds is 4. The number of hydrogen-bond acceptors (Lipinski definition) is 5. The van der Waals surface area contributed by atoms with Crippen LogP contribution in [0.1, 0.15) is 18.7 Å². The molecule has 0 amide bonds. The van der Waals surface area contributed by atoms with Crippen LogP contribution in [0, 0.1) is 5.92 Å². The fourth-order valence-corrected chi connectivity index (χ4v) is 3.06. The zero-order chi connectivity index (χ0) is 15.5. The highest BCUT2D eigenvalue weighted by atomic mass is 79.9. The summed E-state index contributed by atoms with van der Waals surface area (Å²) in [4.78, 5) is 17.5. The van der Waals surface area contributed by atoms with E-state index in [0.29, 0.717) is 24.8 Å². The van der Waals surface area contributed by atoms with Gasteiger partial charge in [0.15, 0.2) is 0 Å². The van der Waals surface area contributed by atoms with Gasteiger partial charge in [-0.3, -0.25) is 9.69 Å².